The standard InChI is InChI=1S/2C9H12.Fe/c2*1-7-4-8(2)6-9(3)5-7;/h2*4-6H,1-3H3;. The third kappa shape index (κ3) is 7.20. The number of aryl methyl sites for hydroxylation is 6. The van der Waals surface area contributed by atoms with E-state index in [4.69, 9.17) is 0 Å². The molecule has 0 N–H and O–H groups in total. The van der Waals surface area contributed by atoms with Crippen LogP contribution in [0.2, 0.25) is 0 Å². The second-order valence-electron chi connectivity index (χ2n) is 5.33. The summed E-state index contributed by atoms with van der Waals surface area (Å²) < 4.78 is 0. The van der Waals surface area contributed by atoms with Crippen molar-refractivity contribution >= 4 is 0 Å². The maximum absolute atomic E-state index is 2.19. The van der Waals surface area contributed by atoms with Crippen molar-refractivity contribution in [3.8, 4) is 0 Å². The van der Waals surface area contributed by atoms with Crippen LogP contribution in [0, 0.1) is 41.5 Å². The van der Waals surface area contributed by atoms with Gasteiger partial charge in [0.2, 0.25) is 0 Å². The number of rotatable bonds is 0. The Morgan fingerprint density at radius 3 is 0.579 bits per heavy atom. The average molecular weight is 296 g/mol. The zero-order valence-corrected chi connectivity index (χ0v) is 13.9. The molecule has 1 heteroatoms. The van der Waals surface area contributed by atoms with E-state index >= 15 is 0 Å². The van der Waals surface area contributed by atoms with Gasteiger partial charge in [-0.05, 0) is 41.5 Å². The first kappa shape index (κ1) is 18.0. The summed E-state index contributed by atoms with van der Waals surface area (Å²) in [5, 5.41) is 0. The molecule has 2 rings (SSSR count). The Morgan fingerprint density at radius 1 is 0.368 bits per heavy atom. The van der Waals surface area contributed by atoms with E-state index in [0.29, 0.717) is 0 Å². The van der Waals surface area contributed by atoms with E-state index in [2.05, 4.69) is 77.9 Å². The second kappa shape index (κ2) is 8.19. The van der Waals surface area contributed by atoms with Gasteiger partial charge < -0.3 is 0 Å². The van der Waals surface area contributed by atoms with Gasteiger partial charge in [-0.2, -0.15) is 0 Å². The summed E-state index contributed by atoms with van der Waals surface area (Å²) in [5.41, 5.74) is 8.13. The molecule has 0 aromatic heterocycles. The van der Waals surface area contributed by atoms with Gasteiger partial charge in [0.15, 0.2) is 0 Å². The van der Waals surface area contributed by atoms with Crippen LogP contribution in [-0.2, 0) is 17.1 Å². The van der Waals surface area contributed by atoms with Crippen molar-refractivity contribution in [3.63, 3.8) is 0 Å². The van der Waals surface area contributed by atoms with Crippen LogP contribution in [0.1, 0.15) is 33.4 Å². The third-order valence-corrected chi connectivity index (χ3v) is 2.73. The largest absolute Gasteiger partial charge is 0.0564 e. The molecule has 104 valence electrons. The summed E-state index contributed by atoms with van der Waals surface area (Å²) in [5.74, 6) is 0. The molecular formula is C18H24Fe. The molecule has 0 fully saturated rings. The van der Waals surface area contributed by atoms with Crippen LogP contribution < -0.4 is 0 Å². The molecule has 2 aromatic rings. The normalized spacial score (nSPS) is 9.16. The molecular weight excluding hydrogens is 272 g/mol. The van der Waals surface area contributed by atoms with E-state index < -0.39 is 0 Å². The van der Waals surface area contributed by atoms with Crippen molar-refractivity contribution in [3.05, 3.63) is 69.8 Å². The molecule has 2 aromatic carbocycles. The minimum Gasteiger partial charge on any atom is -0.0564 e. The number of benzene rings is 2. The molecule has 0 radical (unpaired) electrons. The third-order valence-electron chi connectivity index (χ3n) is 2.73. The van der Waals surface area contributed by atoms with Crippen LogP contribution in [0.4, 0.5) is 0 Å². The quantitative estimate of drug-likeness (QED) is 0.585. The van der Waals surface area contributed by atoms with Crippen LogP contribution in [0.25, 0.3) is 0 Å². The molecule has 0 saturated carbocycles. The van der Waals surface area contributed by atoms with Gasteiger partial charge in [-0.15, -0.1) is 0 Å². The SMILES string of the molecule is Cc1cc(C)cc(C)c1.Cc1cc(C)cc(C)c1.[Fe]. The van der Waals surface area contributed by atoms with Crippen LogP contribution in [-0.4, -0.2) is 0 Å². The predicted octanol–water partition coefficient (Wildman–Crippen LogP) is 5.22. The van der Waals surface area contributed by atoms with Gasteiger partial charge >= 0.3 is 0 Å². The summed E-state index contributed by atoms with van der Waals surface area (Å²) in [6, 6.07) is 13.1. The molecule has 19 heavy (non-hydrogen) atoms. The van der Waals surface area contributed by atoms with E-state index in [9.17, 15) is 0 Å². The Labute approximate surface area is 128 Å². The maximum Gasteiger partial charge on any atom is 0 e. The van der Waals surface area contributed by atoms with E-state index in [1.807, 2.05) is 0 Å². The fourth-order valence-electron chi connectivity index (χ4n) is 2.40. The molecule has 0 unspecified atom stereocenters. The predicted molar refractivity (Wildman–Crippen MR) is 81.3 cm³/mol. The average Bonchev–Trinajstić information content (AvgIpc) is 2.12. The zero-order valence-electron chi connectivity index (χ0n) is 12.8. The molecule has 0 bridgehead atoms. The van der Waals surface area contributed by atoms with E-state index in [0.717, 1.165) is 0 Å². The first-order chi connectivity index (χ1) is 8.36. The second-order valence-corrected chi connectivity index (χ2v) is 5.33. The van der Waals surface area contributed by atoms with Crippen molar-refractivity contribution in [1.82, 2.24) is 0 Å². The first-order valence-electron chi connectivity index (χ1n) is 6.46. The molecule has 0 heterocycles. The van der Waals surface area contributed by atoms with Crippen molar-refractivity contribution in [2.75, 3.05) is 0 Å². The fourth-order valence-corrected chi connectivity index (χ4v) is 2.40. The Bertz CT molecular complexity index is 377. The van der Waals surface area contributed by atoms with Crippen molar-refractivity contribution in [1.29, 1.82) is 0 Å². The number of hydrogen-bond acceptors (Lipinski definition) is 0. The minimum atomic E-state index is 0. The van der Waals surface area contributed by atoms with Gasteiger partial charge in [-0.1, -0.05) is 69.8 Å². The Balaban J connectivity index is 0.000000324. The first-order valence-corrected chi connectivity index (χ1v) is 6.46. The monoisotopic (exact) mass is 296 g/mol. The Morgan fingerprint density at radius 2 is 0.474 bits per heavy atom. The Hall–Kier alpha value is -1.04. The summed E-state index contributed by atoms with van der Waals surface area (Å²) in [4.78, 5) is 0. The Kier molecular flexibility index (Phi) is 7.75. The van der Waals surface area contributed by atoms with Crippen LogP contribution in [0.15, 0.2) is 36.4 Å². The molecule has 0 amide bonds. The van der Waals surface area contributed by atoms with Gasteiger partial charge in [0.1, 0.15) is 0 Å². The maximum atomic E-state index is 2.19. The van der Waals surface area contributed by atoms with Gasteiger partial charge in [-0.25, -0.2) is 0 Å². The summed E-state index contributed by atoms with van der Waals surface area (Å²) in [6.45, 7) is 12.8. The van der Waals surface area contributed by atoms with Crippen LogP contribution in [0.3, 0.4) is 0 Å². The molecule has 0 aliphatic carbocycles. The van der Waals surface area contributed by atoms with Crippen molar-refractivity contribution < 1.29 is 17.1 Å². The van der Waals surface area contributed by atoms with Gasteiger partial charge in [-0.3, -0.25) is 0 Å². The summed E-state index contributed by atoms with van der Waals surface area (Å²) in [7, 11) is 0. The van der Waals surface area contributed by atoms with Gasteiger partial charge in [0, 0.05) is 17.1 Å². The fraction of sp³-hybridized carbons (Fsp3) is 0.333. The van der Waals surface area contributed by atoms with Crippen LogP contribution >= 0.6 is 0 Å². The minimum absolute atomic E-state index is 0. The van der Waals surface area contributed by atoms with Crippen molar-refractivity contribution in [2.24, 2.45) is 0 Å². The van der Waals surface area contributed by atoms with E-state index in [-0.39, 0.29) is 17.1 Å². The summed E-state index contributed by atoms with van der Waals surface area (Å²) in [6.07, 6.45) is 0. The van der Waals surface area contributed by atoms with Gasteiger partial charge in [0.25, 0.3) is 0 Å². The van der Waals surface area contributed by atoms with E-state index in [1.54, 1.807) is 0 Å². The smallest absolute Gasteiger partial charge is 0 e. The van der Waals surface area contributed by atoms with Gasteiger partial charge in [0.05, 0.1) is 0 Å². The molecule has 0 atom stereocenters. The molecule has 0 aliphatic heterocycles. The summed E-state index contributed by atoms with van der Waals surface area (Å²) >= 11 is 0. The topological polar surface area (TPSA) is 0 Å². The molecule has 0 aliphatic rings. The molecule has 0 nitrogen and oxygen atoms in total. The van der Waals surface area contributed by atoms with Crippen molar-refractivity contribution in [2.45, 2.75) is 41.5 Å². The molecule has 0 spiro atoms. The number of hydrogen-bond donors (Lipinski definition) is 0. The molecule has 0 saturated heterocycles. The van der Waals surface area contributed by atoms with E-state index in [1.165, 1.54) is 33.4 Å². The van der Waals surface area contributed by atoms with Crippen LogP contribution in [0.5, 0.6) is 0 Å². The zero-order chi connectivity index (χ0) is 13.7.